The van der Waals surface area contributed by atoms with Crippen LogP contribution in [-0.2, 0) is 6.61 Å². The van der Waals surface area contributed by atoms with Crippen LogP contribution in [0, 0.1) is 15.9 Å². The average molecular weight is 314 g/mol. The SMILES string of the molecule is O=[N+]([O-])c1cc(F)c(Cl)cc1Sc1ccc(CO)cc1. The molecule has 0 aliphatic heterocycles. The summed E-state index contributed by atoms with van der Waals surface area (Å²) < 4.78 is 13.3. The topological polar surface area (TPSA) is 63.4 Å². The van der Waals surface area contributed by atoms with Gasteiger partial charge in [-0.2, -0.15) is 0 Å². The van der Waals surface area contributed by atoms with Gasteiger partial charge in [0.05, 0.1) is 27.5 Å². The summed E-state index contributed by atoms with van der Waals surface area (Å²) in [6, 6.07) is 8.90. The Hall–Kier alpha value is -1.63. The summed E-state index contributed by atoms with van der Waals surface area (Å²) in [6.45, 7) is -0.0759. The van der Waals surface area contributed by atoms with Gasteiger partial charge in [0.25, 0.3) is 5.69 Å². The molecule has 0 bridgehead atoms. The van der Waals surface area contributed by atoms with Crippen LogP contribution in [0.4, 0.5) is 10.1 Å². The highest BCUT2D eigenvalue weighted by Gasteiger charge is 2.18. The lowest BCUT2D eigenvalue weighted by atomic mass is 10.2. The second-order valence-corrected chi connectivity index (χ2v) is 5.42. The monoisotopic (exact) mass is 313 g/mol. The fourth-order valence-electron chi connectivity index (χ4n) is 1.53. The molecular formula is C13H9ClFNO3S. The second kappa shape index (κ2) is 6.21. The van der Waals surface area contributed by atoms with Crippen molar-refractivity contribution in [1.29, 1.82) is 0 Å². The molecule has 0 aliphatic rings. The highest BCUT2D eigenvalue weighted by atomic mass is 35.5. The van der Waals surface area contributed by atoms with Gasteiger partial charge in [-0.3, -0.25) is 10.1 Å². The molecule has 20 heavy (non-hydrogen) atoms. The summed E-state index contributed by atoms with van der Waals surface area (Å²) in [5.74, 6) is -0.821. The lowest BCUT2D eigenvalue weighted by Gasteiger charge is -2.05. The molecule has 1 N–H and O–H groups in total. The lowest BCUT2D eigenvalue weighted by Crippen LogP contribution is -1.93. The van der Waals surface area contributed by atoms with Crippen LogP contribution >= 0.6 is 23.4 Å². The van der Waals surface area contributed by atoms with E-state index in [-0.39, 0.29) is 22.2 Å². The molecule has 2 rings (SSSR count). The molecule has 0 heterocycles. The number of nitro groups is 1. The van der Waals surface area contributed by atoms with E-state index in [2.05, 4.69) is 0 Å². The van der Waals surface area contributed by atoms with Gasteiger partial charge in [-0.1, -0.05) is 35.5 Å². The van der Waals surface area contributed by atoms with Crippen molar-refractivity contribution in [3.63, 3.8) is 0 Å². The zero-order chi connectivity index (χ0) is 14.7. The maximum atomic E-state index is 13.3. The van der Waals surface area contributed by atoms with E-state index in [0.29, 0.717) is 0 Å². The van der Waals surface area contributed by atoms with Gasteiger partial charge in [0, 0.05) is 4.90 Å². The summed E-state index contributed by atoms with van der Waals surface area (Å²) in [7, 11) is 0. The maximum Gasteiger partial charge on any atom is 0.286 e. The third-order valence-corrected chi connectivity index (χ3v) is 3.88. The molecule has 0 aliphatic carbocycles. The second-order valence-electron chi connectivity index (χ2n) is 3.90. The molecule has 0 amide bonds. The van der Waals surface area contributed by atoms with Crippen molar-refractivity contribution in [2.75, 3.05) is 0 Å². The van der Waals surface area contributed by atoms with Gasteiger partial charge in [0.15, 0.2) is 0 Å². The Morgan fingerprint density at radius 1 is 1.30 bits per heavy atom. The van der Waals surface area contributed by atoms with Crippen LogP contribution in [0.15, 0.2) is 46.2 Å². The van der Waals surface area contributed by atoms with Crippen molar-refractivity contribution in [2.24, 2.45) is 0 Å². The Morgan fingerprint density at radius 2 is 1.95 bits per heavy atom. The zero-order valence-corrected chi connectivity index (χ0v) is 11.6. The highest BCUT2D eigenvalue weighted by molar-refractivity contribution is 7.99. The van der Waals surface area contributed by atoms with Crippen LogP contribution in [0.25, 0.3) is 0 Å². The quantitative estimate of drug-likeness (QED) is 0.683. The number of rotatable bonds is 4. The predicted molar refractivity (Wildman–Crippen MR) is 74.6 cm³/mol. The van der Waals surface area contributed by atoms with Crippen LogP contribution in [0.2, 0.25) is 5.02 Å². The van der Waals surface area contributed by atoms with Gasteiger partial charge in [0.1, 0.15) is 5.82 Å². The van der Waals surface area contributed by atoms with Crippen molar-refractivity contribution in [3.8, 4) is 0 Å². The van der Waals surface area contributed by atoms with Gasteiger partial charge in [0.2, 0.25) is 0 Å². The summed E-state index contributed by atoms with van der Waals surface area (Å²) in [4.78, 5) is 11.3. The molecule has 0 atom stereocenters. The third-order valence-electron chi connectivity index (χ3n) is 2.53. The Kier molecular flexibility index (Phi) is 4.59. The molecule has 0 spiro atoms. The number of nitro benzene ring substituents is 1. The molecule has 0 fully saturated rings. The van der Waals surface area contributed by atoms with Gasteiger partial charge >= 0.3 is 0 Å². The molecular weight excluding hydrogens is 305 g/mol. The first-order valence-corrected chi connectivity index (χ1v) is 6.72. The van der Waals surface area contributed by atoms with Gasteiger partial charge in [-0.15, -0.1) is 0 Å². The van der Waals surface area contributed by atoms with Crippen LogP contribution in [-0.4, -0.2) is 10.0 Å². The minimum atomic E-state index is -0.821. The van der Waals surface area contributed by atoms with Crippen LogP contribution in [0.3, 0.4) is 0 Å². The van der Waals surface area contributed by atoms with Crippen molar-refractivity contribution >= 4 is 29.1 Å². The average Bonchev–Trinajstić information content (AvgIpc) is 2.43. The molecule has 0 aromatic heterocycles. The van der Waals surface area contributed by atoms with Gasteiger partial charge in [-0.25, -0.2) is 4.39 Å². The smallest absolute Gasteiger partial charge is 0.286 e. The molecule has 104 valence electrons. The number of aliphatic hydroxyl groups is 1. The van der Waals surface area contributed by atoms with Crippen molar-refractivity contribution in [3.05, 3.63) is 62.9 Å². The van der Waals surface area contributed by atoms with E-state index in [4.69, 9.17) is 16.7 Å². The normalized spacial score (nSPS) is 10.6. The number of hydrogen-bond acceptors (Lipinski definition) is 4. The first-order chi connectivity index (χ1) is 9.51. The van der Waals surface area contributed by atoms with Crippen molar-refractivity contribution in [2.45, 2.75) is 16.4 Å². The van der Waals surface area contributed by atoms with Crippen molar-refractivity contribution < 1.29 is 14.4 Å². The van der Waals surface area contributed by atoms with Crippen LogP contribution in [0.1, 0.15) is 5.56 Å². The number of benzene rings is 2. The Labute approximate surface area is 123 Å². The van der Waals surface area contributed by atoms with E-state index < -0.39 is 10.7 Å². The molecule has 2 aromatic carbocycles. The fourth-order valence-corrected chi connectivity index (χ4v) is 2.70. The van der Waals surface area contributed by atoms with E-state index in [1.165, 1.54) is 6.07 Å². The fraction of sp³-hybridized carbons (Fsp3) is 0.0769. The minimum Gasteiger partial charge on any atom is -0.392 e. The predicted octanol–water partition coefficient (Wildman–Crippen LogP) is 4.03. The van der Waals surface area contributed by atoms with E-state index in [1.807, 2.05) is 0 Å². The number of hydrogen-bond donors (Lipinski definition) is 1. The largest absolute Gasteiger partial charge is 0.392 e. The summed E-state index contributed by atoms with van der Waals surface area (Å²) in [5, 5.41) is 19.7. The van der Waals surface area contributed by atoms with E-state index in [0.717, 1.165) is 28.3 Å². The molecule has 0 radical (unpaired) electrons. The Balaban J connectivity index is 2.36. The maximum absolute atomic E-state index is 13.3. The first kappa shape index (κ1) is 14.8. The third kappa shape index (κ3) is 3.27. The van der Waals surface area contributed by atoms with E-state index in [1.54, 1.807) is 24.3 Å². The molecule has 0 saturated heterocycles. The molecule has 0 saturated carbocycles. The molecule has 7 heteroatoms. The summed E-state index contributed by atoms with van der Waals surface area (Å²) >= 11 is 6.77. The molecule has 4 nitrogen and oxygen atoms in total. The molecule has 2 aromatic rings. The summed E-state index contributed by atoms with van der Waals surface area (Å²) in [5.41, 5.74) is 0.407. The summed E-state index contributed by atoms with van der Waals surface area (Å²) in [6.07, 6.45) is 0. The minimum absolute atomic E-state index is 0.0759. The number of halogens is 2. The first-order valence-electron chi connectivity index (χ1n) is 5.52. The number of aliphatic hydroxyl groups excluding tert-OH is 1. The highest BCUT2D eigenvalue weighted by Crippen LogP contribution is 2.37. The Morgan fingerprint density at radius 3 is 2.50 bits per heavy atom. The van der Waals surface area contributed by atoms with Gasteiger partial charge < -0.3 is 5.11 Å². The lowest BCUT2D eigenvalue weighted by molar-refractivity contribution is -0.387. The van der Waals surface area contributed by atoms with Crippen molar-refractivity contribution in [1.82, 2.24) is 0 Å². The van der Waals surface area contributed by atoms with Gasteiger partial charge in [-0.05, 0) is 23.8 Å². The Bertz CT molecular complexity index is 649. The van der Waals surface area contributed by atoms with E-state index >= 15 is 0 Å². The zero-order valence-electron chi connectivity index (χ0n) is 10.0. The standard InChI is InChI=1S/C13H9ClFNO3S/c14-10-5-13(12(16(18)19)6-11(10)15)20-9-3-1-8(7-17)2-4-9/h1-6,17H,7H2. The molecule has 0 unspecified atom stereocenters. The van der Waals surface area contributed by atoms with Crippen LogP contribution < -0.4 is 0 Å². The van der Waals surface area contributed by atoms with E-state index in [9.17, 15) is 14.5 Å². The number of nitrogens with zero attached hydrogens (tertiary/aromatic N) is 1. The van der Waals surface area contributed by atoms with Crippen LogP contribution in [0.5, 0.6) is 0 Å².